The predicted octanol–water partition coefficient (Wildman–Crippen LogP) is 2.87. The van der Waals surface area contributed by atoms with Gasteiger partial charge >= 0.3 is 0 Å². The zero-order chi connectivity index (χ0) is 20.1. The molecule has 1 N–H and O–H groups in total. The summed E-state index contributed by atoms with van der Waals surface area (Å²) in [6, 6.07) is 10.3. The lowest BCUT2D eigenvalue weighted by Crippen LogP contribution is -2.40. The van der Waals surface area contributed by atoms with E-state index < -0.39 is 0 Å². The van der Waals surface area contributed by atoms with Crippen molar-refractivity contribution in [2.24, 2.45) is 0 Å². The van der Waals surface area contributed by atoms with Crippen LogP contribution in [0.3, 0.4) is 0 Å². The van der Waals surface area contributed by atoms with Crippen LogP contribution in [0.1, 0.15) is 23.7 Å². The Bertz CT molecular complexity index is 892. The Morgan fingerprint density at radius 1 is 1.10 bits per heavy atom. The van der Waals surface area contributed by atoms with Crippen molar-refractivity contribution in [1.82, 2.24) is 24.3 Å². The first-order chi connectivity index (χ1) is 14.2. The van der Waals surface area contributed by atoms with Gasteiger partial charge in [0.2, 0.25) is 5.91 Å². The van der Waals surface area contributed by atoms with Crippen LogP contribution in [0, 0.1) is 5.82 Å². The van der Waals surface area contributed by atoms with Gasteiger partial charge in [-0.25, -0.2) is 9.37 Å². The average molecular weight is 395 g/mol. The highest BCUT2D eigenvalue weighted by Gasteiger charge is 2.27. The molecule has 3 heterocycles. The first-order valence-corrected chi connectivity index (χ1v) is 10.0. The van der Waals surface area contributed by atoms with Crippen LogP contribution in [-0.4, -0.2) is 56.4 Å². The molecule has 6 nitrogen and oxygen atoms in total. The molecule has 0 radical (unpaired) electrons. The number of aromatic nitrogens is 3. The molecule has 1 aliphatic rings. The summed E-state index contributed by atoms with van der Waals surface area (Å²) in [4.78, 5) is 24.9. The molecule has 1 atom stereocenters. The number of benzene rings is 1. The molecule has 1 unspecified atom stereocenters. The first kappa shape index (κ1) is 19.4. The minimum Gasteiger partial charge on any atom is -0.348 e. The number of rotatable bonds is 6. The van der Waals surface area contributed by atoms with Crippen molar-refractivity contribution < 1.29 is 9.18 Å². The molecule has 0 aliphatic carbocycles. The van der Waals surface area contributed by atoms with Crippen molar-refractivity contribution in [1.29, 1.82) is 0 Å². The van der Waals surface area contributed by atoms with Crippen LogP contribution in [0.25, 0.3) is 0 Å². The molecule has 2 aromatic heterocycles. The lowest BCUT2D eigenvalue weighted by molar-refractivity contribution is -0.134. The van der Waals surface area contributed by atoms with Crippen molar-refractivity contribution in [3.05, 3.63) is 78.4 Å². The van der Waals surface area contributed by atoms with E-state index >= 15 is 0 Å². The van der Waals surface area contributed by atoms with Gasteiger partial charge in [0.15, 0.2) is 0 Å². The molecule has 1 fully saturated rings. The maximum Gasteiger partial charge on any atom is 0.246 e. The Labute approximate surface area is 170 Å². The van der Waals surface area contributed by atoms with E-state index in [0.717, 1.165) is 43.9 Å². The van der Waals surface area contributed by atoms with E-state index in [1.807, 2.05) is 46.1 Å². The average Bonchev–Trinajstić information content (AvgIpc) is 3.39. The molecule has 1 aliphatic heterocycles. The third-order valence-electron chi connectivity index (χ3n) is 5.46. The maximum atomic E-state index is 13.4. The first-order valence-electron chi connectivity index (χ1n) is 10.0. The van der Waals surface area contributed by atoms with E-state index in [4.69, 9.17) is 0 Å². The third kappa shape index (κ3) is 4.92. The fraction of sp³-hybridized carbons (Fsp3) is 0.364. The fourth-order valence-electron chi connectivity index (χ4n) is 3.89. The highest BCUT2D eigenvalue weighted by Crippen LogP contribution is 2.19. The molecule has 0 spiro atoms. The van der Waals surface area contributed by atoms with Crippen molar-refractivity contribution in [3.8, 4) is 0 Å². The molecule has 3 aromatic rings. The summed E-state index contributed by atoms with van der Waals surface area (Å²) in [6.45, 7) is 3.96. The summed E-state index contributed by atoms with van der Waals surface area (Å²) in [5, 5.41) is 0. The minimum atomic E-state index is -0.283. The van der Waals surface area contributed by atoms with Crippen LogP contribution < -0.4 is 0 Å². The summed E-state index contributed by atoms with van der Waals surface area (Å²) in [5.74, 6) is -0.0749. The summed E-state index contributed by atoms with van der Waals surface area (Å²) in [6.07, 6.45) is 8.82. The number of carbonyl (C=O) groups excluding carboxylic acids is 1. The zero-order valence-corrected chi connectivity index (χ0v) is 16.4. The van der Waals surface area contributed by atoms with Gasteiger partial charge in [-0.05, 0) is 36.2 Å². The summed E-state index contributed by atoms with van der Waals surface area (Å²) in [7, 11) is 0. The molecule has 1 aromatic carbocycles. The number of hydrogen-bond acceptors (Lipinski definition) is 3. The van der Waals surface area contributed by atoms with Gasteiger partial charge in [0.1, 0.15) is 11.9 Å². The zero-order valence-electron chi connectivity index (χ0n) is 16.4. The van der Waals surface area contributed by atoms with E-state index in [-0.39, 0.29) is 17.8 Å². The normalized spacial score (nSPS) is 16.5. The Morgan fingerprint density at radius 3 is 2.62 bits per heavy atom. The second kappa shape index (κ2) is 9.05. The third-order valence-corrected chi connectivity index (χ3v) is 5.46. The molecule has 7 heteroatoms. The maximum absolute atomic E-state index is 13.4. The quantitative estimate of drug-likeness (QED) is 0.698. The molecule has 0 bridgehead atoms. The lowest BCUT2D eigenvalue weighted by atomic mass is 10.1. The van der Waals surface area contributed by atoms with Gasteiger partial charge in [-0.3, -0.25) is 9.69 Å². The topological polar surface area (TPSA) is 57.2 Å². The molecular weight excluding hydrogens is 369 g/mol. The standard InChI is InChI=1S/C22H26FN5O/c23-19-6-4-18(5-7-19)16-26-8-3-11-28(13-12-26)22(29)21(27-9-1-2-10-27)14-20-15-24-17-25-20/h1-2,4-7,9-10,15,17,21H,3,8,11-14,16H2,(H,24,25). The van der Waals surface area contributed by atoms with Crippen LogP contribution in [-0.2, 0) is 17.8 Å². The van der Waals surface area contributed by atoms with Crippen molar-refractivity contribution in [2.45, 2.75) is 25.4 Å². The van der Waals surface area contributed by atoms with Gasteiger partial charge in [0, 0.05) is 63.4 Å². The van der Waals surface area contributed by atoms with E-state index in [1.54, 1.807) is 12.5 Å². The Balaban J connectivity index is 1.41. The van der Waals surface area contributed by atoms with E-state index in [2.05, 4.69) is 14.9 Å². The molecule has 29 heavy (non-hydrogen) atoms. The molecule has 1 saturated heterocycles. The second-order valence-electron chi connectivity index (χ2n) is 7.51. The van der Waals surface area contributed by atoms with Gasteiger partial charge in [0.05, 0.1) is 6.33 Å². The molecular formula is C22H26FN5O. The van der Waals surface area contributed by atoms with Gasteiger partial charge in [-0.2, -0.15) is 0 Å². The predicted molar refractivity (Wildman–Crippen MR) is 109 cm³/mol. The smallest absolute Gasteiger partial charge is 0.246 e. The second-order valence-corrected chi connectivity index (χ2v) is 7.51. The number of amides is 1. The van der Waals surface area contributed by atoms with E-state index in [1.165, 1.54) is 12.1 Å². The molecule has 4 rings (SSSR count). The van der Waals surface area contributed by atoms with Gasteiger partial charge in [-0.1, -0.05) is 12.1 Å². The van der Waals surface area contributed by atoms with Crippen LogP contribution in [0.5, 0.6) is 0 Å². The highest BCUT2D eigenvalue weighted by atomic mass is 19.1. The van der Waals surface area contributed by atoms with Crippen LogP contribution >= 0.6 is 0 Å². The van der Waals surface area contributed by atoms with E-state index in [0.29, 0.717) is 13.0 Å². The summed E-state index contributed by atoms with van der Waals surface area (Å²) >= 11 is 0. The highest BCUT2D eigenvalue weighted by molar-refractivity contribution is 5.80. The number of carbonyl (C=O) groups is 1. The van der Waals surface area contributed by atoms with E-state index in [9.17, 15) is 9.18 Å². The molecule has 0 saturated carbocycles. The Hall–Kier alpha value is -2.93. The number of H-pyrrole nitrogens is 1. The Kier molecular flexibility index (Phi) is 6.05. The van der Waals surface area contributed by atoms with Crippen LogP contribution in [0.2, 0.25) is 0 Å². The van der Waals surface area contributed by atoms with Crippen molar-refractivity contribution >= 4 is 5.91 Å². The summed E-state index contributed by atoms with van der Waals surface area (Å²) in [5.41, 5.74) is 2.04. The van der Waals surface area contributed by atoms with Crippen LogP contribution in [0.4, 0.5) is 4.39 Å². The van der Waals surface area contributed by atoms with Crippen LogP contribution in [0.15, 0.2) is 61.3 Å². The number of imidazole rings is 1. The number of nitrogens with zero attached hydrogens (tertiary/aromatic N) is 4. The largest absolute Gasteiger partial charge is 0.348 e. The lowest BCUT2D eigenvalue weighted by Gasteiger charge is -2.27. The molecule has 152 valence electrons. The van der Waals surface area contributed by atoms with Gasteiger partial charge in [0.25, 0.3) is 0 Å². The Morgan fingerprint density at radius 2 is 1.90 bits per heavy atom. The number of nitrogens with one attached hydrogen (secondary N) is 1. The number of aromatic amines is 1. The number of hydrogen-bond donors (Lipinski definition) is 1. The van der Waals surface area contributed by atoms with Crippen molar-refractivity contribution in [2.75, 3.05) is 26.2 Å². The summed E-state index contributed by atoms with van der Waals surface area (Å²) < 4.78 is 15.1. The van der Waals surface area contributed by atoms with Crippen molar-refractivity contribution in [3.63, 3.8) is 0 Å². The SMILES string of the molecule is O=C(C(Cc1cnc[nH]1)n1cccc1)N1CCCN(Cc2ccc(F)cc2)CC1. The fourth-order valence-corrected chi connectivity index (χ4v) is 3.89. The number of halogens is 1. The molecule has 1 amide bonds. The minimum absolute atomic E-state index is 0.138. The monoisotopic (exact) mass is 395 g/mol. The van der Waals surface area contributed by atoms with Gasteiger partial charge in [-0.15, -0.1) is 0 Å². The van der Waals surface area contributed by atoms with Gasteiger partial charge < -0.3 is 14.5 Å².